The minimum Gasteiger partial charge on any atom is -0.365 e. The Morgan fingerprint density at radius 1 is 1.29 bits per heavy atom. The molecule has 2 N–H and O–H groups in total. The Balaban J connectivity index is 1.56. The zero-order valence-electron chi connectivity index (χ0n) is 19.1. The second kappa shape index (κ2) is 10.5. The molecule has 2 atom stereocenters. The van der Waals surface area contributed by atoms with E-state index in [9.17, 15) is 13.6 Å². The number of nitrogens with one attached hydrogen (secondary N) is 2. The molecule has 0 fully saturated rings. The van der Waals surface area contributed by atoms with E-state index in [-0.39, 0.29) is 12.5 Å². The molecule has 0 spiro atoms. The minimum absolute atomic E-state index is 0.166. The molecule has 34 heavy (non-hydrogen) atoms. The van der Waals surface area contributed by atoms with Gasteiger partial charge in [-0.1, -0.05) is 12.1 Å². The van der Waals surface area contributed by atoms with Crippen LogP contribution in [0.2, 0.25) is 0 Å². The second-order valence-electron chi connectivity index (χ2n) is 8.55. The summed E-state index contributed by atoms with van der Waals surface area (Å²) in [6.45, 7) is 2.58. The Hall–Kier alpha value is -3.04. The zero-order chi connectivity index (χ0) is 24.2. The van der Waals surface area contributed by atoms with Crippen molar-refractivity contribution in [3.05, 3.63) is 59.8 Å². The van der Waals surface area contributed by atoms with Crippen LogP contribution in [0, 0.1) is 5.92 Å². The number of likely N-dealkylation sites (N-methyl/N-ethyl adjacent to an activating group) is 1. The monoisotopic (exact) mass is 488 g/mol. The van der Waals surface area contributed by atoms with Gasteiger partial charge in [-0.05, 0) is 38.4 Å². The molecule has 4 rings (SSSR count). The summed E-state index contributed by atoms with van der Waals surface area (Å²) in [7, 11) is 3.89. The number of nitrogens with zero attached hydrogens (tertiary/aromatic N) is 4. The van der Waals surface area contributed by atoms with Crippen molar-refractivity contribution in [3.63, 3.8) is 0 Å². The van der Waals surface area contributed by atoms with Crippen molar-refractivity contribution in [3.8, 4) is 11.3 Å². The van der Waals surface area contributed by atoms with E-state index in [1.807, 2.05) is 30.0 Å². The number of fused-ring (bicyclic) bond motifs is 1. The van der Waals surface area contributed by atoms with Crippen LogP contribution in [0.15, 0.2) is 54.3 Å². The van der Waals surface area contributed by atoms with Crippen LogP contribution in [0.4, 0.5) is 20.4 Å². The van der Waals surface area contributed by atoms with Crippen molar-refractivity contribution in [2.45, 2.75) is 5.38 Å². The Morgan fingerprint density at radius 3 is 2.88 bits per heavy atom. The number of carbonyl (C=O) groups excluding carboxylic acids is 1. The van der Waals surface area contributed by atoms with Crippen LogP contribution in [0.25, 0.3) is 11.3 Å². The smallest absolute Gasteiger partial charge is 0.251 e. The number of rotatable bonds is 7. The molecule has 1 aromatic carbocycles. The minimum atomic E-state index is -1.07. The lowest BCUT2D eigenvalue weighted by molar-refractivity contribution is 0.0951. The van der Waals surface area contributed by atoms with Crippen LogP contribution in [0.5, 0.6) is 0 Å². The molecule has 10 heteroatoms. The molecular weight excluding hydrogens is 462 g/mol. The summed E-state index contributed by atoms with van der Waals surface area (Å²) in [5.74, 6) is -0.897. The summed E-state index contributed by atoms with van der Waals surface area (Å²) in [6, 6.07) is 7.16. The first-order valence-electron chi connectivity index (χ1n) is 11.1. The van der Waals surface area contributed by atoms with E-state index < -0.39 is 22.9 Å². The van der Waals surface area contributed by atoms with Gasteiger partial charge in [0, 0.05) is 43.9 Å². The molecule has 1 aromatic heterocycles. The van der Waals surface area contributed by atoms with Crippen molar-refractivity contribution in [2.75, 3.05) is 57.0 Å². The van der Waals surface area contributed by atoms with Gasteiger partial charge in [-0.2, -0.15) is 0 Å². The average molecular weight is 489 g/mol. The van der Waals surface area contributed by atoms with Crippen molar-refractivity contribution in [1.29, 1.82) is 0 Å². The third-order valence-corrected chi connectivity index (χ3v) is 6.30. The normalized spacial score (nSPS) is 19.8. The molecule has 180 valence electrons. The first-order valence-corrected chi connectivity index (χ1v) is 11.5. The fourth-order valence-electron chi connectivity index (χ4n) is 3.90. The van der Waals surface area contributed by atoms with Gasteiger partial charge in [0.15, 0.2) is 11.6 Å². The topological polar surface area (TPSA) is 73.4 Å². The summed E-state index contributed by atoms with van der Waals surface area (Å²) in [6.07, 6.45) is 3.82. The highest BCUT2D eigenvalue weighted by Gasteiger charge is 2.33. The van der Waals surface area contributed by atoms with Crippen LogP contribution in [-0.4, -0.2) is 73.0 Å². The lowest BCUT2D eigenvalue weighted by atomic mass is 9.97. The predicted octanol–water partition coefficient (Wildman–Crippen LogP) is 3.61. The predicted molar refractivity (Wildman–Crippen MR) is 131 cm³/mol. The van der Waals surface area contributed by atoms with Crippen LogP contribution >= 0.6 is 11.6 Å². The third-order valence-electron chi connectivity index (χ3n) is 5.78. The number of anilines is 2. The number of carbonyl (C=O) groups is 1. The molecule has 2 aliphatic rings. The first-order chi connectivity index (χ1) is 16.3. The van der Waals surface area contributed by atoms with E-state index in [1.165, 1.54) is 0 Å². The van der Waals surface area contributed by atoms with Gasteiger partial charge < -0.3 is 20.4 Å². The van der Waals surface area contributed by atoms with Gasteiger partial charge in [0.05, 0.1) is 23.2 Å². The van der Waals surface area contributed by atoms with E-state index in [0.29, 0.717) is 42.5 Å². The lowest BCUT2D eigenvalue weighted by Gasteiger charge is -2.34. The highest BCUT2D eigenvalue weighted by Crippen LogP contribution is 2.35. The number of amides is 1. The molecule has 2 heterocycles. The van der Waals surface area contributed by atoms with Crippen LogP contribution in [-0.2, 0) is 0 Å². The molecular formula is C24H27ClF2N6O. The number of allylic oxidation sites excluding steroid dienone is 3. The van der Waals surface area contributed by atoms with Crippen LogP contribution < -0.4 is 15.5 Å². The number of alkyl halides is 1. The summed E-state index contributed by atoms with van der Waals surface area (Å²) >= 11 is 6.16. The average Bonchev–Trinajstić information content (AvgIpc) is 2.84. The quantitative estimate of drug-likeness (QED) is 0.580. The summed E-state index contributed by atoms with van der Waals surface area (Å²) < 4.78 is 28.4. The maximum Gasteiger partial charge on any atom is 0.251 e. The molecule has 0 radical (unpaired) electrons. The summed E-state index contributed by atoms with van der Waals surface area (Å²) in [4.78, 5) is 25.6. The lowest BCUT2D eigenvalue weighted by Crippen LogP contribution is -2.41. The van der Waals surface area contributed by atoms with Gasteiger partial charge in [-0.3, -0.25) is 4.79 Å². The van der Waals surface area contributed by atoms with Gasteiger partial charge in [0.25, 0.3) is 5.91 Å². The highest BCUT2D eigenvalue weighted by atomic mass is 35.5. The maximum absolute atomic E-state index is 14.4. The van der Waals surface area contributed by atoms with Crippen LogP contribution in [0.3, 0.4) is 0 Å². The third kappa shape index (κ3) is 5.37. The molecule has 1 amide bonds. The number of hydrogen-bond donors (Lipinski definition) is 2. The fourth-order valence-corrected chi connectivity index (χ4v) is 4.17. The van der Waals surface area contributed by atoms with Gasteiger partial charge >= 0.3 is 0 Å². The standard InChI is InChI=1S/C24H27ClF2N6O/c1-32(2)10-8-29-24(34)16-5-3-4-15(12-16)20-13-30-22-23(31-20)33(11-9-28-22)14-17-18(26)6-7-19(27)21(17)25/h3-7,12-13,17,21H,8-11,14H2,1-2H3,(H,28,30)(H,29,34). The summed E-state index contributed by atoms with van der Waals surface area (Å²) in [5, 5.41) is 5.02. The molecule has 0 saturated heterocycles. The van der Waals surface area contributed by atoms with Crippen LogP contribution in [0.1, 0.15) is 10.4 Å². The number of halogens is 3. The van der Waals surface area contributed by atoms with Crippen molar-refractivity contribution < 1.29 is 13.6 Å². The van der Waals surface area contributed by atoms with Crippen molar-refractivity contribution in [1.82, 2.24) is 20.2 Å². The largest absolute Gasteiger partial charge is 0.365 e. The fraction of sp³-hybridized carbons (Fsp3) is 0.375. The second-order valence-corrected chi connectivity index (χ2v) is 9.02. The molecule has 7 nitrogen and oxygen atoms in total. The van der Waals surface area contributed by atoms with Gasteiger partial charge in [0.1, 0.15) is 11.7 Å². The molecule has 0 bridgehead atoms. The molecule has 2 aromatic rings. The Bertz CT molecular complexity index is 1120. The van der Waals surface area contributed by atoms with Crippen molar-refractivity contribution >= 4 is 29.1 Å². The van der Waals surface area contributed by atoms with Crippen molar-refractivity contribution in [2.24, 2.45) is 5.92 Å². The highest BCUT2D eigenvalue weighted by molar-refractivity contribution is 6.22. The van der Waals surface area contributed by atoms with E-state index in [4.69, 9.17) is 16.6 Å². The zero-order valence-corrected chi connectivity index (χ0v) is 19.8. The Labute approximate surface area is 202 Å². The number of hydrogen-bond acceptors (Lipinski definition) is 6. The number of benzene rings is 1. The van der Waals surface area contributed by atoms with E-state index in [1.54, 1.807) is 24.4 Å². The number of aromatic nitrogens is 2. The summed E-state index contributed by atoms with van der Waals surface area (Å²) in [5.41, 5.74) is 1.82. The van der Waals surface area contributed by atoms with Gasteiger partial charge in [-0.25, -0.2) is 18.7 Å². The molecule has 1 aliphatic heterocycles. The van der Waals surface area contributed by atoms with E-state index in [0.717, 1.165) is 24.3 Å². The Morgan fingerprint density at radius 2 is 2.09 bits per heavy atom. The maximum atomic E-state index is 14.4. The Kier molecular flexibility index (Phi) is 7.43. The van der Waals surface area contributed by atoms with Gasteiger partial charge in [0.2, 0.25) is 0 Å². The first kappa shape index (κ1) is 24.1. The van der Waals surface area contributed by atoms with E-state index >= 15 is 0 Å². The SMILES string of the molecule is CN(C)CCNC(=O)c1cccc(-c2cnc3c(n2)N(CC2C(F)=CC=C(F)C2Cl)CCN3)c1. The van der Waals surface area contributed by atoms with E-state index in [2.05, 4.69) is 15.6 Å². The van der Waals surface area contributed by atoms with Gasteiger partial charge in [-0.15, -0.1) is 11.6 Å². The molecule has 2 unspecified atom stereocenters. The molecule has 0 saturated carbocycles. The molecule has 1 aliphatic carbocycles.